The summed E-state index contributed by atoms with van der Waals surface area (Å²) < 4.78 is 5.19. The third kappa shape index (κ3) is 4.80. The van der Waals surface area contributed by atoms with Crippen molar-refractivity contribution in [2.75, 3.05) is 18.5 Å². The van der Waals surface area contributed by atoms with Crippen LogP contribution in [0.1, 0.15) is 28.9 Å². The molecular formula is C24H20ClN3O5S. The monoisotopic (exact) mass is 497 g/mol. The van der Waals surface area contributed by atoms with Crippen molar-refractivity contribution in [1.82, 2.24) is 10.2 Å². The summed E-state index contributed by atoms with van der Waals surface area (Å²) in [5, 5.41) is 7.78. The quantitative estimate of drug-likeness (QED) is 0.370. The van der Waals surface area contributed by atoms with E-state index in [0.29, 0.717) is 16.1 Å². The van der Waals surface area contributed by atoms with Crippen LogP contribution >= 0.6 is 22.9 Å². The van der Waals surface area contributed by atoms with E-state index in [0.717, 1.165) is 21.8 Å². The van der Waals surface area contributed by atoms with Crippen LogP contribution in [0, 0.1) is 0 Å². The van der Waals surface area contributed by atoms with E-state index < -0.39 is 36.4 Å². The summed E-state index contributed by atoms with van der Waals surface area (Å²) in [4.78, 5) is 51.5. The van der Waals surface area contributed by atoms with E-state index in [9.17, 15) is 19.2 Å². The number of amides is 4. The van der Waals surface area contributed by atoms with Gasteiger partial charge in [-0.25, -0.2) is 9.59 Å². The lowest BCUT2D eigenvalue weighted by molar-refractivity contribution is -0.130. The Kier molecular flexibility index (Phi) is 6.95. The average molecular weight is 498 g/mol. The molecule has 3 aromatic rings. The predicted octanol–water partition coefficient (Wildman–Crippen LogP) is 4.48. The van der Waals surface area contributed by atoms with Crippen LogP contribution in [-0.4, -0.2) is 41.9 Å². The molecule has 0 saturated carbocycles. The van der Waals surface area contributed by atoms with Crippen molar-refractivity contribution in [3.8, 4) is 11.1 Å². The van der Waals surface area contributed by atoms with E-state index in [1.807, 2.05) is 0 Å². The van der Waals surface area contributed by atoms with Gasteiger partial charge in [0, 0.05) is 16.0 Å². The van der Waals surface area contributed by atoms with E-state index in [1.165, 1.54) is 0 Å². The summed E-state index contributed by atoms with van der Waals surface area (Å²) >= 11 is 7.11. The molecule has 2 heterocycles. The van der Waals surface area contributed by atoms with Crippen molar-refractivity contribution in [2.24, 2.45) is 0 Å². The molecule has 1 aromatic heterocycles. The molecule has 1 saturated heterocycles. The minimum absolute atomic E-state index is 0.158. The smallest absolute Gasteiger partial charge is 0.341 e. The van der Waals surface area contributed by atoms with E-state index in [4.69, 9.17) is 16.3 Å². The van der Waals surface area contributed by atoms with Gasteiger partial charge in [0.25, 0.3) is 5.91 Å². The number of anilines is 1. The lowest BCUT2D eigenvalue weighted by atomic mass is 10.0. The van der Waals surface area contributed by atoms with Gasteiger partial charge in [-0.05, 0) is 30.2 Å². The maximum absolute atomic E-state index is 12.8. The molecule has 0 spiro atoms. The lowest BCUT2D eigenvalue weighted by Gasteiger charge is -2.13. The Morgan fingerprint density at radius 1 is 1.12 bits per heavy atom. The number of carbonyl (C=O) groups excluding carboxylic acids is 4. The molecule has 1 aliphatic rings. The van der Waals surface area contributed by atoms with Crippen LogP contribution in [0.25, 0.3) is 11.1 Å². The van der Waals surface area contributed by atoms with Crippen LogP contribution in [0.2, 0.25) is 5.02 Å². The number of nitrogens with zero attached hydrogens (tertiary/aromatic N) is 1. The minimum atomic E-state index is -0.852. The number of carbonyl (C=O) groups is 4. The first-order chi connectivity index (χ1) is 16.4. The molecular weight excluding hydrogens is 478 g/mol. The van der Waals surface area contributed by atoms with Gasteiger partial charge in [-0.3, -0.25) is 14.5 Å². The summed E-state index contributed by atoms with van der Waals surface area (Å²) in [6, 6.07) is 14.2. The third-order valence-electron chi connectivity index (χ3n) is 5.14. The molecule has 2 N–H and O–H groups in total. The first-order valence-electron chi connectivity index (χ1n) is 10.4. The van der Waals surface area contributed by atoms with Gasteiger partial charge < -0.3 is 15.4 Å². The number of imide groups is 1. The van der Waals surface area contributed by atoms with Crippen LogP contribution in [0.4, 0.5) is 9.80 Å². The first-order valence-corrected chi connectivity index (χ1v) is 11.7. The van der Waals surface area contributed by atoms with E-state index >= 15 is 0 Å². The van der Waals surface area contributed by atoms with Crippen molar-refractivity contribution in [2.45, 2.75) is 13.0 Å². The van der Waals surface area contributed by atoms with Gasteiger partial charge in [0.15, 0.2) is 0 Å². The van der Waals surface area contributed by atoms with Crippen molar-refractivity contribution >= 4 is 51.8 Å². The first kappa shape index (κ1) is 23.5. The number of halogens is 1. The molecule has 1 fully saturated rings. The zero-order valence-electron chi connectivity index (χ0n) is 18.0. The number of benzene rings is 2. The number of rotatable bonds is 7. The number of hydrogen-bond donors (Lipinski definition) is 2. The zero-order chi connectivity index (χ0) is 24.2. The Labute approximate surface area is 204 Å². The van der Waals surface area contributed by atoms with Gasteiger partial charge in [0.2, 0.25) is 5.91 Å². The topological polar surface area (TPSA) is 105 Å². The fourth-order valence-electron chi connectivity index (χ4n) is 3.55. The van der Waals surface area contributed by atoms with Gasteiger partial charge in [-0.1, -0.05) is 54.1 Å². The Balaban J connectivity index is 1.54. The standard InChI is InChI=1S/C24H20ClN3O5S/c1-2-33-23(31)19-17(14-8-10-16(25)11-9-14)13-34-21(19)26-18(29)12-28-22(30)20(27-24(28)32)15-6-4-3-5-7-15/h3-11,13,20H,2,12H2,1H3,(H,26,29)(H,27,32). The molecule has 34 heavy (non-hydrogen) atoms. The molecule has 8 nitrogen and oxygen atoms in total. The zero-order valence-corrected chi connectivity index (χ0v) is 19.6. The minimum Gasteiger partial charge on any atom is -0.462 e. The number of urea groups is 1. The highest BCUT2D eigenvalue weighted by molar-refractivity contribution is 7.15. The van der Waals surface area contributed by atoms with Crippen molar-refractivity contribution < 1.29 is 23.9 Å². The summed E-state index contributed by atoms with van der Waals surface area (Å²) in [6.07, 6.45) is 0. The number of nitrogens with one attached hydrogen (secondary N) is 2. The maximum Gasteiger partial charge on any atom is 0.341 e. The fraction of sp³-hybridized carbons (Fsp3) is 0.167. The lowest BCUT2D eigenvalue weighted by Crippen LogP contribution is -2.38. The molecule has 4 rings (SSSR count). The van der Waals surface area contributed by atoms with Gasteiger partial charge in [0.1, 0.15) is 23.2 Å². The Morgan fingerprint density at radius 2 is 1.82 bits per heavy atom. The number of thiophene rings is 1. The molecule has 2 aromatic carbocycles. The van der Waals surface area contributed by atoms with Crippen molar-refractivity contribution in [3.05, 3.63) is 76.1 Å². The van der Waals surface area contributed by atoms with E-state index in [-0.39, 0.29) is 17.2 Å². The Hall–Kier alpha value is -3.69. The largest absolute Gasteiger partial charge is 0.462 e. The van der Waals surface area contributed by atoms with Crippen LogP contribution in [0.5, 0.6) is 0 Å². The molecule has 0 bridgehead atoms. The number of ether oxygens (including phenoxy) is 1. The fourth-order valence-corrected chi connectivity index (χ4v) is 4.65. The molecule has 0 aliphatic carbocycles. The second kappa shape index (κ2) is 10.1. The second-order valence-corrected chi connectivity index (χ2v) is 8.66. The van der Waals surface area contributed by atoms with Crippen LogP contribution in [-0.2, 0) is 14.3 Å². The molecule has 1 unspecified atom stereocenters. The highest BCUT2D eigenvalue weighted by Gasteiger charge is 2.40. The van der Waals surface area contributed by atoms with Crippen LogP contribution < -0.4 is 10.6 Å². The average Bonchev–Trinajstić information content (AvgIpc) is 3.36. The SMILES string of the molecule is CCOC(=O)c1c(-c2ccc(Cl)cc2)csc1NC(=O)CN1C(=O)NC(c2ccccc2)C1=O. The summed E-state index contributed by atoms with van der Waals surface area (Å²) in [6.45, 7) is 1.35. The molecule has 10 heteroatoms. The number of esters is 1. The van der Waals surface area contributed by atoms with Gasteiger partial charge >= 0.3 is 12.0 Å². The summed E-state index contributed by atoms with van der Waals surface area (Å²) in [7, 11) is 0. The Morgan fingerprint density at radius 3 is 2.50 bits per heavy atom. The van der Waals surface area contributed by atoms with Crippen LogP contribution in [0.3, 0.4) is 0 Å². The summed E-state index contributed by atoms with van der Waals surface area (Å²) in [5.74, 6) is -1.74. The highest BCUT2D eigenvalue weighted by Crippen LogP contribution is 2.36. The molecule has 4 amide bonds. The third-order valence-corrected chi connectivity index (χ3v) is 6.29. The van der Waals surface area contributed by atoms with Crippen molar-refractivity contribution in [1.29, 1.82) is 0 Å². The van der Waals surface area contributed by atoms with Crippen LogP contribution in [0.15, 0.2) is 60.0 Å². The normalized spacial score (nSPS) is 15.2. The van der Waals surface area contributed by atoms with Crippen molar-refractivity contribution in [3.63, 3.8) is 0 Å². The summed E-state index contributed by atoms with van der Waals surface area (Å²) in [5.41, 5.74) is 2.12. The molecule has 0 radical (unpaired) electrons. The van der Waals surface area contributed by atoms with Gasteiger partial charge in [-0.15, -0.1) is 11.3 Å². The van der Waals surface area contributed by atoms with Gasteiger partial charge in [0.05, 0.1) is 6.61 Å². The highest BCUT2D eigenvalue weighted by atomic mass is 35.5. The number of hydrogen-bond acceptors (Lipinski definition) is 6. The molecule has 1 atom stereocenters. The van der Waals surface area contributed by atoms with E-state index in [1.54, 1.807) is 66.9 Å². The van der Waals surface area contributed by atoms with E-state index in [2.05, 4.69) is 10.6 Å². The van der Waals surface area contributed by atoms with Gasteiger partial charge in [-0.2, -0.15) is 0 Å². The Bertz CT molecular complexity index is 1240. The molecule has 174 valence electrons. The second-order valence-electron chi connectivity index (χ2n) is 7.35. The maximum atomic E-state index is 12.8. The predicted molar refractivity (Wildman–Crippen MR) is 129 cm³/mol. The molecule has 1 aliphatic heterocycles.